The van der Waals surface area contributed by atoms with E-state index in [1.54, 1.807) is 12.1 Å². The first-order valence-electron chi connectivity index (χ1n) is 8.16. The second-order valence-corrected chi connectivity index (χ2v) is 8.58. The molecule has 0 spiro atoms. The SMILES string of the molecule is Cc1ccc(S(=O)(=O)N(C)C)cc1C(=O)NC1CCCCCC1. The summed E-state index contributed by atoms with van der Waals surface area (Å²) in [6.45, 7) is 1.83. The summed E-state index contributed by atoms with van der Waals surface area (Å²) in [7, 11) is -0.562. The van der Waals surface area contributed by atoms with Gasteiger partial charge in [0.1, 0.15) is 0 Å². The van der Waals surface area contributed by atoms with Gasteiger partial charge in [0.15, 0.2) is 0 Å². The van der Waals surface area contributed by atoms with Crippen molar-refractivity contribution in [2.45, 2.75) is 56.4 Å². The Morgan fingerprint density at radius 1 is 1.13 bits per heavy atom. The molecule has 1 amide bonds. The van der Waals surface area contributed by atoms with Crippen molar-refractivity contribution in [2.24, 2.45) is 0 Å². The van der Waals surface area contributed by atoms with Gasteiger partial charge in [-0.15, -0.1) is 0 Å². The Balaban J connectivity index is 2.22. The summed E-state index contributed by atoms with van der Waals surface area (Å²) in [4.78, 5) is 12.7. The normalized spacial score (nSPS) is 17.0. The van der Waals surface area contributed by atoms with E-state index in [9.17, 15) is 13.2 Å². The molecule has 0 unspecified atom stereocenters. The van der Waals surface area contributed by atoms with Gasteiger partial charge in [0.2, 0.25) is 10.0 Å². The lowest BCUT2D eigenvalue weighted by atomic mass is 10.1. The molecular weight excluding hydrogens is 312 g/mol. The number of aryl methyl sites for hydroxylation is 1. The van der Waals surface area contributed by atoms with E-state index in [1.807, 2.05) is 6.92 Å². The Labute approximate surface area is 139 Å². The van der Waals surface area contributed by atoms with Gasteiger partial charge < -0.3 is 5.32 Å². The molecule has 1 aliphatic carbocycles. The predicted octanol–water partition coefficient (Wildman–Crippen LogP) is 2.70. The second-order valence-electron chi connectivity index (χ2n) is 6.43. The highest BCUT2D eigenvalue weighted by Gasteiger charge is 2.21. The van der Waals surface area contributed by atoms with Crippen molar-refractivity contribution < 1.29 is 13.2 Å². The molecule has 2 rings (SSSR count). The van der Waals surface area contributed by atoms with E-state index in [1.165, 1.54) is 33.0 Å². The van der Waals surface area contributed by atoms with Crippen molar-refractivity contribution in [3.63, 3.8) is 0 Å². The van der Waals surface area contributed by atoms with Crippen LogP contribution in [0.15, 0.2) is 23.1 Å². The van der Waals surface area contributed by atoms with Crippen LogP contribution in [0.1, 0.15) is 54.4 Å². The third-order valence-electron chi connectivity index (χ3n) is 4.42. The highest BCUT2D eigenvalue weighted by Crippen LogP contribution is 2.20. The van der Waals surface area contributed by atoms with Gasteiger partial charge in [-0.2, -0.15) is 0 Å². The van der Waals surface area contributed by atoms with Gasteiger partial charge in [-0.3, -0.25) is 4.79 Å². The van der Waals surface area contributed by atoms with E-state index in [-0.39, 0.29) is 16.8 Å². The van der Waals surface area contributed by atoms with Gasteiger partial charge >= 0.3 is 0 Å². The number of carbonyl (C=O) groups excluding carboxylic acids is 1. The van der Waals surface area contributed by atoms with Crippen LogP contribution in [0.25, 0.3) is 0 Å². The van der Waals surface area contributed by atoms with E-state index in [0.717, 1.165) is 35.6 Å². The maximum Gasteiger partial charge on any atom is 0.251 e. The van der Waals surface area contributed by atoms with Crippen LogP contribution in [0.3, 0.4) is 0 Å². The lowest BCUT2D eigenvalue weighted by Gasteiger charge is -2.18. The molecule has 0 aromatic heterocycles. The molecule has 0 radical (unpaired) electrons. The number of nitrogens with one attached hydrogen (secondary N) is 1. The summed E-state index contributed by atoms with van der Waals surface area (Å²) in [5.41, 5.74) is 1.23. The molecule has 0 bridgehead atoms. The van der Waals surface area contributed by atoms with Crippen molar-refractivity contribution in [1.29, 1.82) is 0 Å². The molecule has 1 aromatic rings. The minimum absolute atomic E-state index is 0.152. The molecule has 0 atom stereocenters. The smallest absolute Gasteiger partial charge is 0.251 e. The molecular formula is C17H26N2O3S. The number of sulfonamides is 1. The van der Waals surface area contributed by atoms with Crippen LogP contribution in [-0.2, 0) is 10.0 Å². The topological polar surface area (TPSA) is 66.5 Å². The van der Waals surface area contributed by atoms with Gasteiger partial charge in [0, 0.05) is 25.7 Å². The Hall–Kier alpha value is -1.40. The lowest BCUT2D eigenvalue weighted by molar-refractivity contribution is 0.0932. The molecule has 0 saturated heterocycles. The zero-order valence-electron chi connectivity index (χ0n) is 14.1. The molecule has 1 aliphatic rings. The first-order valence-corrected chi connectivity index (χ1v) is 9.60. The van der Waals surface area contributed by atoms with Gasteiger partial charge in [-0.25, -0.2) is 12.7 Å². The van der Waals surface area contributed by atoms with Crippen LogP contribution in [0, 0.1) is 6.92 Å². The summed E-state index contributed by atoms with van der Waals surface area (Å²) < 4.78 is 25.7. The second kappa shape index (κ2) is 7.45. The zero-order valence-corrected chi connectivity index (χ0v) is 14.9. The van der Waals surface area contributed by atoms with Crippen molar-refractivity contribution in [3.05, 3.63) is 29.3 Å². The number of hydrogen-bond donors (Lipinski definition) is 1. The first kappa shape index (κ1) is 17.9. The largest absolute Gasteiger partial charge is 0.349 e. The number of hydrogen-bond acceptors (Lipinski definition) is 3. The van der Waals surface area contributed by atoms with Crippen LogP contribution >= 0.6 is 0 Å². The summed E-state index contributed by atoms with van der Waals surface area (Å²) in [6.07, 6.45) is 6.73. The van der Waals surface area contributed by atoms with Crippen LogP contribution in [0.4, 0.5) is 0 Å². The quantitative estimate of drug-likeness (QED) is 0.858. The zero-order chi connectivity index (χ0) is 17.0. The summed E-state index contributed by atoms with van der Waals surface area (Å²) in [5.74, 6) is -0.176. The molecule has 1 N–H and O–H groups in total. The number of nitrogens with zero attached hydrogens (tertiary/aromatic N) is 1. The fraction of sp³-hybridized carbons (Fsp3) is 0.588. The molecule has 23 heavy (non-hydrogen) atoms. The number of rotatable bonds is 4. The fourth-order valence-corrected chi connectivity index (χ4v) is 3.83. The fourth-order valence-electron chi connectivity index (χ4n) is 2.90. The van der Waals surface area contributed by atoms with E-state index >= 15 is 0 Å². The van der Waals surface area contributed by atoms with Gasteiger partial charge in [-0.1, -0.05) is 31.7 Å². The third-order valence-corrected chi connectivity index (χ3v) is 6.23. The molecule has 5 nitrogen and oxygen atoms in total. The van der Waals surface area contributed by atoms with Crippen LogP contribution in [0.5, 0.6) is 0 Å². The van der Waals surface area contributed by atoms with Crippen LogP contribution in [0.2, 0.25) is 0 Å². The summed E-state index contributed by atoms with van der Waals surface area (Å²) in [5, 5.41) is 3.08. The van der Waals surface area contributed by atoms with Gasteiger partial charge in [0.25, 0.3) is 5.91 Å². The Kier molecular flexibility index (Phi) is 5.81. The minimum atomic E-state index is -3.54. The third kappa shape index (κ3) is 4.32. The Bertz CT molecular complexity index is 660. The number of carbonyl (C=O) groups is 1. The average molecular weight is 338 g/mol. The molecule has 1 fully saturated rings. The molecule has 1 saturated carbocycles. The highest BCUT2D eigenvalue weighted by molar-refractivity contribution is 7.89. The monoisotopic (exact) mass is 338 g/mol. The van der Waals surface area contributed by atoms with Crippen LogP contribution in [-0.4, -0.2) is 38.8 Å². The highest BCUT2D eigenvalue weighted by atomic mass is 32.2. The van der Waals surface area contributed by atoms with Crippen molar-refractivity contribution >= 4 is 15.9 Å². The van der Waals surface area contributed by atoms with Crippen molar-refractivity contribution in [1.82, 2.24) is 9.62 Å². The molecule has 0 heterocycles. The van der Waals surface area contributed by atoms with Crippen LogP contribution < -0.4 is 5.32 Å². The number of amides is 1. The summed E-state index contributed by atoms with van der Waals surface area (Å²) >= 11 is 0. The average Bonchev–Trinajstić information content (AvgIpc) is 2.75. The molecule has 0 aliphatic heterocycles. The molecule has 128 valence electrons. The standard InChI is InChI=1S/C17H26N2O3S/c1-13-10-11-15(23(21,22)19(2)3)12-16(13)17(20)18-14-8-6-4-5-7-9-14/h10-12,14H,4-9H2,1-3H3,(H,18,20). The Morgan fingerprint density at radius 2 is 1.74 bits per heavy atom. The van der Waals surface area contributed by atoms with E-state index in [2.05, 4.69) is 5.32 Å². The van der Waals surface area contributed by atoms with E-state index in [4.69, 9.17) is 0 Å². The van der Waals surface area contributed by atoms with Gasteiger partial charge in [0.05, 0.1) is 4.90 Å². The molecule has 6 heteroatoms. The van der Waals surface area contributed by atoms with Crippen molar-refractivity contribution in [2.75, 3.05) is 14.1 Å². The first-order chi connectivity index (χ1) is 10.8. The maximum atomic E-state index is 12.6. The minimum Gasteiger partial charge on any atom is -0.349 e. The lowest BCUT2D eigenvalue weighted by Crippen LogP contribution is -2.35. The maximum absolute atomic E-state index is 12.6. The Morgan fingerprint density at radius 3 is 2.30 bits per heavy atom. The van der Waals surface area contributed by atoms with Gasteiger partial charge in [-0.05, 0) is 37.5 Å². The molecule has 1 aromatic carbocycles. The predicted molar refractivity (Wildman–Crippen MR) is 91.0 cm³/mol. The van der Waals surface area contributed by atoms with Crippen molar-refractivity contribution in [3.8, 4) is 0 Å². The van der Waals surface area contributed by atoms with E-state index < -0.39 is 10.0 Å². The summed E-state index contributed by atoms with van der Waals surface area (Å²) in [6, 6.07) is 4.92. The van der Waals surface area contributed by atoms with E-state index in [0.29, 0.717) is 5.56 Å². The number of benzene rings is 1.